The largest absolute Gasteiger partial charge is 0.324 e. The van der Waals surface area contributed by atoms with Crippen molar-refractivity contribution < 1.29 is 4.92 Å². The van der Waals surface area contributed by atoms with E-state index >= 15 is 0 Å². The highest BCUT2D eigenvalue weighted by molar-refractivity contribution is 5.41. The molecule has 2 N–H and O–H groups in total. The summed E-state index contributed by atoms with van der Waals surface area (Å²) in [4.78, 5) is 10.4. The van der Waals surface area contributed by atoms with Gasteiger partial charge in [-0.15, -0.1) is 0 Å². The van der Waals surface area contributed by atoms with Crippen molar-refractivity contribution in [1.29, 1.82) is 0 Å². The van der Waals surface area contributed by atoms with Gasteiger partial charge in [0.15, 0.2) is 0 Å². The van der Waals surface area contributed by atoms with E-state index in [0.29, 0.717) is 0 Å². The molecule has 18 heavy (non-hydrogen) atoms. The van der Waals surface area contributed by atoms with Gasteiger partial charge in [0.25, 0.3) is 5.69 Å². The molecule has 0 saturated heterocycles. The van der Waals surface area contributed by atoms with Gasteiger partial charge in [0.1, 0.15) is 0 Å². The summed E-state index contributed by atoms with van der Waals surface area (Å²) in [7, 11) is 0. The minimum absolute atomic E-state index is 0.0913. The Morgan fingerprint density at radius 2 is 2.06 bits per heavy atom. The first-order valence-corrected chi connectivity index (χ1v) is 6.62. The monoisotopic (exact) mass is 250 g/mol. The zero-order valence-corrected chi connectivity index (χ0v) is 11.2. The second kappa shape index (κ2) is 7.11. The van der Waals surface area contributed by atoms with Crippen LogP contribution in [0.3, 0.4) is 0 Å². The normalized spacial score (nSPS) is 12.4. The summed E-state index contributed by atoms with van der Waals surface area (Å²) >= 11 is 0. The molecule has 1 aromatic rings. The molecule has 0 aromatic heterocycles. The van der Waals surface area contributed by atoms with Crippen LogP contribution >= 0.6 is 0 Å². The second-order valence-electron chi connectivity index (χ2n) is 4.60. The van der Waals surface area contributed by atoms with Gasteiger partial charge in [-0.05, 0) is 24.0 Å². The lowest BCUT2D eigenvalue weighted by Gasteiger charge is -2.15. The van der Waals surface area contributed by atoms with Gasteiger partial charge in [-0.2, -0.15) is 0 Å². The summed E-state index contributed by atoms with van der Waals surface area (Å²) in [6, 6.07) is 4.93. The Bertz CT molecular complexity index is 405. The van der Waals surface area contributed by atoms with Gasteiger partial charge in [0.2, 0.25) is 0 Å². The van der Waals surface area contributed by atoms with E-state index in [1.807, 2.05) is 13.0 Å². The molecule has 1 rings (SSSR count). The third-order valence-electron chi connectivity index (χ3n) is 3.24. The van der Waals surface area contributed by atoms with Crippen LogP contribution in [-0.2, 0) is 6.42 Å². The number of aryl methyl sites for hydroxylation is 1. The van der Waals surface area contributed by atoms with E-state index in [1.165, 1.54) is 0 Å². The molecule has 1 aromatic carbocycles. The van der Waals surface area contributed by atoms with Crippen molar-refractivity contribution in [2.45, 2.75) is 52.0 Å². The van der Waals surface area contributed by atoms with Crippen LogP contribution in [0, 0.1) is 10.1 Å². The number of hydrogen-bond donors (Lipinski definition) is 1. The minimum Gasteiger partial charge on any atom is -0.324 e. The molecule has 0 spiro atoms. The lowest BCUT2D eigenvalue weighted by Crippen LogP contribution is -2.13. The fourth-order valence-electron chi connectivity index (χ4n) is 2.13. The SMILES string of the molecule is CCCCCC(N)c1cc([N+](=O)[O-])ccc1CC. The number of hydrogen-bond acceptors (Lipinski definition) is 3. The van der Waals surface area contributed by atoms with Gasteiger partial charge < -0.3 is 5.73 Å². The zero-order valence-electron chi connectivity index (χ0n) is 11.2. The van der Waals surface area contributed by atoms with Gasteiger partial charge in [-0.25, -0.2) is 0 Å². The number of rotatable bonds is 7. The Morgan fingerprint density at radius 3 is 2.61 bits per heavy atom. The first-order valence-electron chi connectivity index (χ1n) is 6.62. The van der Waals surface area contributed by atoms with E-state index in [1.54, 1.807) is 12.1 Å². The number of benzene rings is 1. The quantitative estimate of drug-likeness (QED) is 0.455. The maximum Gasteiger partial charge on any atom is 0.269 e. The molecule has 100 valence electrons. The molecule has 1 atom stereocenters. The maximum absolute atomic E-state index is 10.8. The van der Waals surface area contributed by atoms with Crippen molar-refractivity contribution in [3.05, 3.63) is 39.4 Å². The highest BCUT2D eigenvalue weighted by atomic mass is 16.6. The van der Waals surface area contributed by atoms with Crippen molar-refractivity contribution in [2.75, 3.05) is 0 Å². The van der Waals surface area contributed by atoms with E-state index in [0.717, 1.165) is 43.2 Å². The summed E-state index contributed by atoms with van der Waals surface area (Å²) in [6.45, 7) is 4.19. The van der Waals surface area contributed by atoms with Crippen molar-refractivity contribution >= 4 is 5.69 Å². The number of non-ortho nitro benzene ring substituents is 1. The summed E-state index contributed by atoms with van der Waals surface area (Å²) in [5.41, 5.74) is 8.34. The highest BCUT2D eigenvalue weighted by Crippen LogP contribution is 2.26. The molecule has 0 heterocycles. The Hall–Kier alpha value is -1.42. The van der Waals surface area contributed by atoms with Gasteiger partial charge in [-0.1, -0.05) is 39.2 Å². The minimum atomic E-state index is -0.359. The first-order chi connectivity index (χ1) is 8.60. The molecule has 0 amide bonds. The van der Waals surface area contributed by atoms with Crippen molar-refractivity contribution in [1.82, 2.24) is 0 Å². The number of nitrogens with zero attached hydrogens (tertiary/aromatic N) is 1. The number of nitro groups is 1. The smallest absolute Gasteiger partial charge is 0.269 e. The Morgan fingerprint density at radius 1 is 1.33 bits per heavy atom. The van der Waals surface area contributed by atoms with Crippen LogP contribution in [0.1, 0.15) is 56.7 Å². The molecule has 0 bridgehead atoms. The molecule has 4 nitrogen and oxygen atoms in total. The predicted molar refractivity (Wildman–Crippen MR) is 73.5 cm³/mol. The molecule has 0 fully saturated rings. The van der Waals surface area contributed by atoms with Crippen LogP contribution in [0.4, 0.5) is 5.69 Å². The second-order valence-corrected chi connectivity index (χ2v) is 4.60. The average Bonchev–Trinajstić information content (AvgIpc) is 2.38. The Balaban J connectivity index is 2.89. The van der Waals surface area contributed by atoms with Crippen LogP contribution in [0.25, 0.3) is 0 Å². The number of nitro benzene ring substituents is 1. The van der Waals surface area contributed by atoms with E-state index in [9.17, 15) is 10.1 Å². The molecule has 1 unspecified atom stereocenters. The molecule has 0 saturated carbocycles. The topological polar surface area (TPSA) is 69.2 Å². The Kier molecular flexibility index (Phi) is 5.78. The van der Waals surface area contributed by atoms with Gasteiger partial charge in [-0.3, -0.25) is 10.1 Å². The first kappa shape index (κ1) is 14.6. The summed E-state index contributed by atoms with van der Waals surface area (Å²) in [5, 5.41) is 10.8. The van der Waals surface area contributed by atoms with Crippen LogP contribution in [0.5, 0.6) is 0 Å². The average molecular weight is 250 g/mol. The number of nitrogens with two attached hydrogens (primary N) is 1. The molecular formula is C14H22N2O2. The van der Waals surface area contributed by atoms with Crippen molar-refractivity contribution in [3.63, 3.8) is 0 Å². The van der Waals surface area contributed by atoms with Crippen molar-refractivity contribution in [3.8, 4) is 0 Å². The van der Waals surface area contributed by atoms with Crippen LogP contribution in [0.2, 0.25) is 0 Å². The fraction of sp³-hybridized carbons (Fsp3) is 0.571. The Labute approximate surface area is 108 Å². The summed E-state index contributed by atoms with van der Waals surface area (Å²) in [6.07, 6.45) is 5.13. The van der Waals surface area contributed by atoms with E-state index in [-0.39, 0.29) is 16.7 Å². The number of unbranched alkanes of at least 4 members (excludes halogenated alkanes) is 2. The van der Waals surface area contributed by atoms with Gasteiger partial charge >= 0.3 is 0 Å². The van der Waals surface area contributed by atoms with Gasteiger partial charge in [0, 0.05) is 18.2 Å². The lowest BCUT2D eigenvalue weighted by molar-refractivity contribution is -0.384. The van der Waals surface area contributed by atoms with E-state index in [2.05, 4.69) is 6.92 Å². The molecule has 4 heteroatoms. The van der Waals surface area contributed by atoms with Crippen LogP contribution in [-0.4, -0.2) is 4.92 Å². The van der Waals surface area contributed by atoms with E-state index in [4.69, 9.17) is 5.73 Å². The molecular weight excluding hydrogens is 228 g/mol. The molecule has 0 radical (unpaired) electrons. The standard InChI is InChI=1S/C14H22N2O2/c1-3-5-6-7-14(15)13-10-12(16(17)18)9-8-11(13)4-2/h8-10,14H,3-7,15H2,1-2H3. The molecule has 0 aliphatic heterocycles. The predicted octanol–water partition coefficient (Wildman–Crippen LogP) is 3.74. The summed E-state index contributed by atoms with van der Waals surface area (Å²) in [5.74, 6) is 0. The molecule has 0 aliphatic carbocycles. The van der Waals surface area contributed by atoms with Crippen LogP contribution in [0.15, 0.2) is 18.2 Å². The highest BCUT2D eigenvalue weighted by Gasteiger charge is 2.15. The third kappa shape index (κ3) is 3.81. The zero-order chi connectivity index (χ0) is 13.5. The van der Waals surface area contributed by atoms with Crippen molar-refractivity contribution in [2.24, 2.45) is 5.73 Å². The third-order valence-corrected chi connectivity index (χ3v) is 3.24. The molecule has 0 aliphatic rings. The fourth-order valence-corrected chi connectivity index (χ4v) is 2.13. The van der Waals surface area contributed by atoms with Gasteiger partial charge in [0.05, 0.1) is 4.92 Å². The van der Waals surface area contributed by atoms with Crippen LogP contribution < -0.4 is 5.73 Å². The summed E-state index contributed by atoms with van der Waals surface area (Å²) < 4.78 is 0. The lowest BCUT2D eigenvalue weighted by atomic mass is 9.95. The van der Waals surface area contributed by atoms with E-state index < -0.39 is 0 Å². The maximum atomic E-state index is 10.8.